The van der Waals surface area contributed by atoms with Crippen molar-refractivity contribution in [3.8, 4) is 5.69 Å². The summed E-state index contributed by atoms with van der Waals surface area (Å²) >= 11 is 1.64. The van der Waals surface area contributed by atoms with Crippen LogP contribution in [0.5, 0.6) is 0 Å². The van der Waals surface area contributed by atoms with Crippen LogP contribution in [0.1, 0.15) is 6.42 Å². The number of ether oxygens (including phenoxy) is 1. The Kier molecular flexibility index (Phi) is 4.52. The lowest BCUT2D eigenvalue weighted by Gasteiger charge is -2.03. The highest BCUT2D eigenvalue weighted by molar-refractivity contribution is 7.99. The van der Waals surface area contributed by atoms with Crippen molar-refractivity contribution >= 4 is 11.8 Å². The van der Waals surface area contributed by atoms with Gasteiger partial charge in [-0.05, 0) is 29.0 Å². The molecule has 0 saturated carbocycles. The van der Waals surface area contributed by atoms with Gasteiger partial charge in [-0.15, -0.1) is 5.10 Å². The SMILES string of the molecule is COCCCSc1nnnn1-c1ccccc1. The van der Waals surface area contributed by atoms with Crippen LogP contribution in [0.25, 0.3) is 5.69 Å². The van der Waals surface area contributed by atoms with Crippen LogP contribution in [0.4, 0.5) is 0 Å². The van der Waals surface area contributed by atoms with E-state index in [0.717, 1.165) is 29.6 Å². The molecule has 1 aromatic carbocycles. The lowest BCUT2D eigenvalue weighted by molar-refractivity contribution is 0.200. The largest absolute Gasteiger partial charge is 0.385 e. The number of nitrogens with zero attached hydrogens (tertiary/aromatic N) is 4. The lowest BCUT2D eigenvalue weighted by Crippen LogP contribution is -1.99. The van der Waals surface area contributed by atoms with Gasteiger partial charge in [-0.2, -0.15) is 4.68 Å². The highest BCUT2D eigenvalue weighted by Gasteiger charge is 2.07. The van der Waals surface area contributed by atoms with Gasteiger partial charge in [-0.25, -0.2) is 0 Å². The molecular weight excluding hydrogens is 236 g/mol. The van der Waals surface area contributed by atoms with Gasteiger partial charge in [0.25, 0.3) is 0 Å². The van der Waals surface area contributed by atoms with Gasteiger partial charge < -0.3 is 4.74 Å². The molecular formula is C11H14N4OS. The maximum atomic E-state index is 5.00. The zero-order chi connectivity index (χ0) is 11.9. The van der Waals surface area contributed by atoms with Gasteiger partial charge in [-0.3, -0.25) is 0 Å². The zero-order valence-corrected chi connectivity index (χ0v) is 10.4. The fourth-order valence-corrected chi connectivity index (χ4v) is 2.17. The normalized spacial score (nSPS) is 10.6. The number of thioether (sulfide) groups is 1. The summed E-state index contributed by atoms with van der Waals surface area (Å²) in [6, 6.07) is 9.87. The summed E-state index contributed by atoms with van der Waals surface area (Å²) in [5, 5.41) is 12.5. The molecule has 0 radical (unpaired) electrons. The van der Waals surface area contributed by atoms with E-state index in [1.165, 1.54) is 0 Å². The predicted molar refractivity (Wildman–Crippen MR) is 66.4 cm³/mol. The van der Waals surface area contributed by atoms with E-state index in [4.69, 9.17) is 4.74 Å². The average Bonchev–Trinajstić information content (AvgIpc) is 2.84. The predicted octanol–water partition coefficient (Wildman–Crippen LogP) is 1.79. The molecule has 0 bridgehead atoms. The van der Waals surface area contributed by atoms with Crippen molar-refractivity contribution in [1.82, 2.24) is 20.2 Å². The Bertz CT molecular complexity index is 446. The van der Waals surface area contributed by atoms with Crippen molar-refractivity contribution in [1.29, 1.82) is 0 Å². The quantitative estimate of drug-likeness (QED) is 0.578. The number of aromatic nitrogens is 4. The first-order valence-electron chi connectivity index (χ1n) is 5.37. The van der Waals surface area contributed by atoms with Gasteiger partial charge in [-0.1, -0.05) is 30.0 Å². The Morgan fingerprint density at radius 2 is 2.12 bits per heavy atom. The molecule has 2 rings (SSSR count). The van der Waals surface area contributed by atoms with Crippen LogP contribution in [-0.2, 0) is 4.74 Å². The molecule has 0 fully saturated rings. The van der Waals surface area contributed by atoms with Gasteiger partial charge >= 0.3 is 0 Å². The van der Waals surface area contributed by atoms with Crippen molar-refractivity contribution in [3.05, 3.63) is 30.3 Å². The van der Waals surface area contributed by atoms with E-state index in [2.05, 4.69) is 15.5 Å². The van der Waals surface area contributed by atoms with Crippen molar-refractivity contribution in [3.63, 3.8) is 0 Å². The summed E-state index contributed by atoms with van der Waals surface area (Å²) in [4.78, 5) is 0. The third kappa shape index (κ3) is 3.28. The molecule has 0 N–H and O–H groups in total. The number of benzene rings is 1. The third-order valence-corrected chi connectivity index (χ3v) is 3.17. The summed E-state index contributed by atoms with van der Waals surface area (Å²) in [7, 11) is 1.71. The van der Waals surface area contributed by atoms with Gasteiger partial charge in [0.1, 0.15) is 0 Å². The van der Waals surface area contributed by atoms with Crippen LogP contribution < -0.4 is 0 Å². The number of tetrazole rings is 1. The summed E-state index contributed by atoms with van der Waals surface area (Å²) in [5.74, 6) is 0.945. The molecule has 0 aliphatic carbocycles. The van der Waals surface area contributed by atoms with Crippen LogP contribution in [0.2, 0.25) is 0 Å². The fraction of sp³-hybridized carbons (Fsp3) is 0.364. The standard InChI is InChI=1S/C11H14N4OS/c1-16-8-5-9-17-11-12-13-14-15(11)10-6-3-2-4-7-10/h2-4,6-7H,5,8-9H2,1H3. The second-order valence-electron chi connectivity index (χ2n) is 3.40. The van der Waals surface area contributed by atoms with Crippen LogP contribution >= 0.6 is 11.8 Å². The molecule has 0 unspecified atom stereocenters. The molecule has 5 nitrogen and oxygen atoms in total. The summed E-state index contributed by atoms with van der Waals surface area (Å²) in [6.07, 6.45) is 0.989. The van der Waals surface area contributed by atoms with Crippen molar-refractivity contribution in [2.75, 3.05) is 19.5 Å². The highest BCUT2D eigenvalue weighted by Crippen LogP contribution is 2.18. The molecule has 0 spiro atoms. The summed E-state index contributed by atoms with van der Waals surface area (Å²) in [5.41, 5.74) is 0.978. The second-order valence-corrected chi connectivity index (χ2v) is 4.47. The number of hydrogen-bond acceptors (Lipinski definition) is 5. The van der Waals surface area contributed by atoms with E-state index >= 15 is 0 Å². The van der Waals surface area contributed by atoms with Crippen LogP contribution in [0.15, 0.2) is 35.5 Å². The fourth-order valence-electron chi connectivity index (χ4n) is 1.37. The first-order chi connectivity index (χ1) is 8.42. The number of rotatable bonds is 6. The number of hydrogen-bond donors (Lipinski definition) is 0. The van der Waals surface area contributed by atoms with E-state index in [9.17, 15) is 0 Å². The molecule has 0 saturated heterocycles. The number of methoxy groups -OCH3 is 1. The minimum absolute atomic E-state index is 0.764. The molecule has 1 heterocycles. The topological polar surface area (TPSA) is 52.8 Å². The Hall–Kier alpha value is -1.40. The minimum Gasteiger partial charge on any atom is -0.385 e. The highest BCUT2D eigenvalue weighted by atomic mass is 32.2. The van der Waals surface area contributed by atoms with E-state index in [-0.39, 0.29) is 0 Å². The molecule has 17 heavy (non-hydrogen) atoms. The average molecular weight is 250 g/mol. The van der Waals surface area contributed by atoms with E-state index < -0.39 is 0 Å². The van der Waals surface area contributed by atoms with Gasteiger partial charge in [0, 0.05) is 19.5 Å². The van der Waals surface area contributed by atoms with Gasteiger partial charge in [0.05, 0.1) is 5.69 Å². The van der Waals surface area contributed by atoms with E-state index in [0.29, 0.717) is 0 Å². The van der Waals surface area contributed by atoms with E-state index in [1.807, 2.05) is 30.3 Å². The van der Waals surface area contributed by atoms with Gasteiger partial charge in [0.2, 0.25) is 5.16 Å². The molecule has 90 valence electrons. The minimum atomic E-state index is 0.764. The van der Waals surface area contributed by atoms with E-state index in [1.54, 1.807) is 23.6 Å². The summed E-state index contributed by atoms with van der Waals surface area (Å²) in [6.45, 7) is 0.764. The van der Waals surface area contributed by atoms with Crippen molar-refractivity contribution in [2.24, 2.45) is 0 Å². The Morgan fingerprint density at radius 3 is 2.88 bits per heavy atom. The monoisotopic (exact) mass is 250 g/mol. The van der Waals surface area contributed by atoms with Crippen molar-refractivity contribution in [2.45, 2.75) is 11.6 Å². The Morgan fingerprint density at radius 1 is 1.29 bits per heavy atom. The third-order valence-electron chi connectivity index (χ3n) is 2.17. The molecule has 0 aliphatic rings. The molecule has 1 aromatic heterocycles. The maximum Gasteiger partial charge on any atom is 0.214 e. The summed E-state index contributed by atoms with van der Waals surface area (Å²) < 4.78 is 6.75. The first kappa shape index (κ1) is 12.1. The van der Waals surface area contributed by atoms with Crippen LogP contribution in [0.3, 0.4) is 0 Å². The molecule has 2 aromatic rings. The second kappa shape index (κ2) is 6.36. The first-order valence-corrected chi connectivity index (χ1v) is 6.36. The Labute approximate surface area is 104 Å². The zero-order valence-electron chi connectivity index (χ0n) is 9.61. The smallest absolute Gasteiger partial charge is 0.214 e. The molecule has 0 aliphatic heterocycles. The maximum absolute atomic E-state index is 5.00. The lowest BCUT2D eigenvalue weighted by atomic mass is 10.3. The van der Waals surface area contributed by atoms with Crippen LogP contribution in [0, 0.1) is 0 Å². The van der Waals surface area contributed by atoms with Crippen LogP contribution in [-0.4, -0.2) is 39.7 Å². The molecule has 0 amide bonds. The van der Waals surface area contributed by atoms with Gasteiger partial charge in [0.15, 0.2) is 0 Å². The molecule has 6 heteroatoms. The van der Waals surface area contributed by atoms with Crippen molar-refractivity contribution < 1.29 is 4.74 Å². The molecule has 0 atom stereocenters. The Balaban J connectivity index is 2.02. The number of para-hydroxylation sites is 1.